The first-order valence-electron chi connectivity index (χ1n) is 7.01. The van der Waals surface area contributed by atoms with Gasteiger partial charge in [0.1, 0.15) is 17.7 Å². The smallest absolute Gasteiger partial charge is 0.234 e. The summed E-state index contributed by atoms with van der Waals surface area (Å²) in [7, 11) is 1.62. The lowest BCUT2D eigenvalue weighted by Gasteiger charge is -2.21. The van der Waals surface area contributed by atoms with Crippen LogP contribution in [0.4, 0.5) is 0 Å². The lowest BCUT2D eigenvalue weighted by atomic mass is 9.86. The molecule has 1 fully saturated rings. The summed E-state index contributed by atoms with van der Waals surface area (Å²) in [5.41, 5.74) is 1.29. The molecule has 0 aromatic carbocycles. The molecule has 0 amide bonds. The maximum atomic E-state index is 9.28. The second-order valence-electron chi connectivity index (χ2n) is 5.09. The van der Waals surface area contributed by atoms with E-state index in [1.807, 2.05) is 0 Å². The SMILES string of the molecule is COCc1nnc(-n2nnc(C#N)c2C2CCCCC2)s1. The molecule has 0 spiro atoms. The summed E-state index contributed by atoms with van der Waals surface area (Å²) < 4.78 is 6.75. The molecule has 1 aliphatic carbocycles. The summed E-state index contributed by atoms with van der Waals surface area (Å²) in [4.78, 5) is 0. The minimum absolute atomic E-state index is 0.332. The largest absolute Gasteiger partial charge is 0.377 e. The van der Waals surface area contributed by atoms with Crippen molar-refractivity contribution in [2.75, 3.05) is 7.11 Å². The summed E-state index contributed by atoms with van der Waals surface area (Å²) in [6.07, 6.45) is 5.78. The molecule has 0 aliphatic heterocycles. The highest BCUT2D eigenvalue weighted by molar-refractivity contribution is 7.13. The number of rotatable bonds is 4. The van der Waals surface area contributed by atoms with Crippen molar-refractivity contribution in [2.45, 2.75) is 44.6 Å². The Morgan fingerprint density at radius 1 is 1.29 bits per heavy atom. The maximum absolute atomic E-state index is 9.28. The Kier molecular flexibility index (Phi) is 4.22. The van der Waals surface area contributed by atoms with Crippen molar-refractivity contribution in [3.63, 3.8) is 0 Å². The standard InChI is InChI=1S/C13H16N6OS/c1-20-8-11-16-17-13(21-11)19-12(10(7-14)15-18-19)9-5-3-2-4-6-9/h9H,2-6,8H2,1H3. The molecule has 3 rings (SSSR count). The van der Waals surface area contributed by atoms with Crippen LogP contribution in [0.25, 0.3) is 5.13 Å². The van der Waals surface area contributed by atoms with Gasteiger partial charge in [0.2, 0.25) is 5.13 Å². The van der Waals surface area contributed by atoms with E-state index in [9.17, 15) is 5.26 Å². The van der Waals surface area contributed by atoms with Crippen LogP contribution < -0.4 is 0 Å². The third-order valence-corrected chi connectivity index (χ3v) is 4.58. The first-order valence-corrected chi connectivity index (χ1v) is 7.82. The third-order valence-electron chi connectivity index (χ3n) is 3.71. The van der Waals surface area contributed by atoms with Crippen LogP contribution in [-0.2, 0) is 11.3 Å². The zero-order chi connectivity index (χ0) is 14.7. The lowest BCUT2D eigenvalue weighted by Crippen LogP contribution is -2.12. The normalized spacial score (nSPS) is 16.0. The number of hydrogen-bond acceptors (Lipinski definition) is 7. The van der Waals surface area contributed by atoms with Gasteiger partial charge in [-0.25, -0.2) is 0 Å². The number of hydrogen-bond donors (Lipinski definition) is 0. The molecule has 8 heteroatoms. The van der Waals surface area contributed by atoms with Crippen LogP contribution >= 0.6 is 11.3 Å². The van der Waals surface area contributed by atoms with Gasteiger partial charge in [0, 0.05) is 13.0 Å². The first-order chi connectivity index (χ1) is 10.3. The summed E-state index contributed by atoms with van der Waals surface area (Å²) in [5.74, 6) is 0.332. The van der Waals surface area contributed by atoms with Crippen LogP contribution in [0.3, 0.4) is 0 Å². The molecule has 0 saturated heterocycles. The Labute approximate surface area is 126 Å². The fourth-order valence-corrected chi connectivity index (χ4v) is 3.54. The van der Waals surface area contributed by atoms with Gasteiger partial charge in [-0.2, -0.15) is 9.94 Å². The van der Waals surface area contributed by atoms with Gasteiger partial charge in [-0.1, -0.05) is 35.8 Å². The van der Waals surface area contributed by atoms with E-state index in [1.54, 1.807) is 11.8 Å². The Hall–Kier alpha value is -1.85. The summed E-state index contributed by atoms with van der Waals surface area (Å²) in [5, 5.41) is 27.1. The number of methoxy groups -OCH3 is 1. The maximum Gasteiger partial charge on any atom is 0.234 e. The predicted octanol–water partition coefficient (Wildman–Crippen LogP) is 2.18. The van der Waals surface area contributed by atoms with E-state index in [4.69, 9.17) is 4.74 Å². The molecule has 2 aromatic heterocycles. The highest BCUT2D eigenvalue weighted by Gasteiger charge is 2.26. The van der Waals surface area contributed by atoms with E-state index in [2.05, 4.69) is 26.6 Å². The molecule has 0 N–H and O–H groups in total. The van der Waals surface area contributed by atoms with Crippen LogP contribution in [0.2, 0.25) is 0 Å². The van der Waals surface area contributed by atoms with Crippen LogP contribution in [0, 0.1) is 11.3 Å². The predicted molar refractivity (Wildman–Crippen MR) is 76.1 cm³/mol. The number of nitriles is 1. The zero-order valence-corrected chi connectivity index (χ0v) is 12.6. The van der Waals surface area contributed by atoms with Gasteiger partial charge in [-0.05, 0) is 12.8 Å². The van der Waals surface area contributed by atoms with Crippen molar-refractivity contribution in [3.8, 4) is 11.2 Å². The van der Waals surface area contributed by atoms with E-state index in [1.165, 1.54) is 30.6 Å². The van der Waals surface area contributed by atoms with Crippen molar-refractivity contribution in [2.24, 2.45) is 0 Å². The van der Waals surface area contributed by atoms with E-state index in [-0.39, 0.29) is 0 Å². The van der Waals surface area contributed by atoms with E-state index >= 15 is 0 Å². The summed E-state index contributed by atoms with van der Waals surface area (Å²) in [6, 6.07) is 2.15. The van der Waals surface area contributed by atoms with Gasteiger partial charge >= 0.3 is 0 Å². The Morgan fingerprint density at radius 2 is 2.10 bits per heavy atom. The van der Waals surface area contributed by atoms with Gasteiger partial charge in [-0.15, -0.1) is 15.3 Å². The van der Waals surface area contributed by atoms with E-state index in [0.717, 1.165) is 23.5 Å². The molecule has 0 bridgehead atoms. The first kappa shape index (κ1) is 14.1. The molecule has 0 atom stereocenters. The molecule has 1 saturated carbocycles. The molecule has 110 valence electrons. The molecular formula is C13H16N6OS. The Morgan fingerprint density at radius 3 is 2.81 bits per heavy atom. The van der Waals surface area contributed by atoms with E-state index < -0.39 is 0 Å². The fourth-order valence-electron chi connectivity index (χ4n) is 2.76. The van der Waals surface area contributed by atoms with Crippen molar-refractivity contribution < 1.29 is 4.74 Å². The van der Waals surface area contributed by atoms with Crippen LogP contribution in [-0.4, -0.2) is 32.3 Å². The second-order valence-corrected chi connectivity index (χ2v) is 6.13. The number of nitrogens with zero attached hydrogens (tertiary/aromatic N) is 6. The van der Waals surface area contributed by atoms with E-state index in [0.29, 0.717) is 23.4 Å². The molecule has 0 unspecified atom stereocenters. The molecule has 21 heavy (non-hydrogen) atoms. The highest BCUT2D eigenvalue weighted by atomic mass is 32.1. The minimum Gasteiger partial charge on any atom is -0.377 e. The lowest BCUT2D eigenvalue weighted by molar-refractivity contribution is 0.184. The third kappa shape index (κ3) is 2.80. The highest BCUT2D eigenvalue weighted by Crippen LogP contribution is 2.35. The van der Waals surface area contributed by atoms with Gasteiger partial charge in [0.05, 0.1) is 5.69 Å². The van der Waals surface area contributed by atoms with Crippen LogP contribution in [0.5, 0.6) is 0 Å². The second kappa shape index (κ2) is 6.28. The quantitative estimate of drug-likeness (QED) is 0.860. The van der Waals surface area contributed by atoms with Gasteiger partial charge in [0.15, 0.2) is 5.69 Å². The van der Waals surface area contributed by atoms with Crippen molar-refractivity contribution >= 4 is 11.3 Å². The molecule has 0 radical (unpaired) electrons. The molecule has 2 heterocycles. The Balaban J connectivity index is 1.97. The summed E-state index contributed by atoms with van der Waals surface area (Å²) >= 11 is 1.42. The van der Waals surface area contributed by atoms with Crippen LogP contribution in [0.1, 0.15) is 54.4 Å². The number of aromatic nitrogens is 5. The zero-order valence-electron chi connectivity index (χ0n) is 11.8. The number of ether oxygens (including phenoxy) is 1. The molecule has 7 nitrogen and oxygen atoms in total. The molecular weight excluding hydrogens is 288 g/mol. The molecule has 2 aromatic rings. The van der Waals surface area contributed by atoms with Gasteiger partial charge in [-0.3, -0.25) is 0 Å². The minimum atomic E-state index is 0.332. The van der Waals surface area contributed by atoms with Gasteiger partial charge < -0.3 is 4.74 Å². The van der Waals surface area contributed by atoms with Gasteiger partial charge in [0.25, 0.3) is 0 Å². The average Bonchev–Trinajstić information content (AvgIpc) is 3.14. The fraction of sp³-hybridized carbons (Fsp3) is 0.615. The van der Waals surface area contributed by atoms with Crippen molar-refractivity contribution in [1.82, 2.24) is 25.2 Å². The average molecular weight is 304 g/mol. The monoisotopic (exact) mass is 304 g/mol. The van der Waals surface area contributed by atoms with Crippen molar-refractivity contribution in [3.05, 3.63) is 16.4 Å². The summed E-state index contributed by atoms with van der Waals surface area (Å²) in [6.45, 7) is 0.427. The van der Waals surface area contributed by atoms with Crippen LogP contribution in [0.15, 0.2) is 0 Å². The van der Waals surface area contributed by atoms with Crippen molar-refractivity contribution in [1.29, 1.82) is 5.26 Å². The Bertz CT molecular complexity index is 652. The molecule has 1 aliphatic rings. The topological polar surface area (TPSA) is 89.5 Å².